The van der Waals surface area contributed by atoms with Crippen LogP contribution >= 0.6 is 0 Å². The Morgan fingerprint density at radius 2 is 2.33 bits per heavy atom. The van der Waals surface area contributed by atoms with Crippen molar-refractivity contribution >= 4 is 0 Å². The van der Waals surface area contributed by atoms with E-state index in [0.717, 1.165) is 6.42 Å². The molecule has 1 rings (SSSR count). The lowest BCUT2D eigenvalue weighted by Gasteiger charge is -2.20. The number of ether oxygens (including phenoxy) is 1. The topological polar surface area (TPSA) is 49.7 Å². The molecule has 0 bridgehead atoms. The molecule has 1 aliphatic carbocycles. The van der Waals surface area contributed by atoms with E-state index in [2.05, 4.69) is 12.2 Å². The summed E-state index contributed by atoms with van der Waals surface area (Å²) in [5, 5.41) is 18.5. The second kappa shape index (κ2) is 6.99. The van der Waals surface area contributed by atoms with Crippen molar-refractivity contribution in [2.24, 2.45) is 5.92 Å². The van der Waals surface area contributed by atoms with Crippen molar-refractivity contribution in [2.45, 2.75) is 44.8 Å². The Hall–Kier alpha value is -0.380. The van der Waals surface area contributed by atoms with Crippen LogP contribution in [0.2, 0.25) is 0 Å². The maximum absolute atomic E-state index is 9.71. The molecule has 0 aromatic rings. The Labute approximate surface area is 91.8 Å². The first-order valence-electron chi connectivity index (χ1n) is 5.79. The standard InChI is InChI=1S/C12H22O3/c1-10(8-13)15-9-12(14)7-11-5-3-2-4-6-11/h3,5,10-14H,2,4,6-9H2,1H3. The summed E-state index contributed by atoms with van der Waals surface area (Å²) in [6, 6.07) is 0. The van der Waals surface area contributed by atoms with Crippen LogP contribution in [0.4, 0.5) is 0 Å². The van der Waals surface area contributed by atoms with Crippen LogP contribution < -0.4 is 0 Å². The summed E-state index contributed by atoms with van der Waals surface area (Å²) in [7, 11) is 0. The molecule has 15 heavy (non-hydrogen) atoms. The summed E-state index contributed by atoms with van der Waals surface area (Å²) in [6.07, 6.45) is 8.14. The van der Waals surface area contributed by atoms with E-state index >= 15 is 0 Å². The number of hydrogen-bond donors (Lipinski definition) is 2. The Kier molecular flexibility index (Phi) is 5.91. The quantitative estimate of drug-likeness (QED) is 0.659. The summed E-state index contributed by atoms with van der Waals surface area (Å²) in [6.45, 7) is 2.13. The Morgan fingerprint density at radius 3 is 2.93 bits per heavy atom. The molecule has 0 aliphatic heterocycles. The molecule has 0 spiro atoms. The van der Waals surface area contributed by atoms with Crippen LogP contribution in [0.3, 0.4) is 0 Å². The zero-order valence-electron chi connectivity index (χ0n) is 9.43. The first-order valence-corrected chi connectivity index (χ1v) is 5.79. The fraction of sp³-hybridized carbons (Fsp3) is 0.833. The third-order valence-electron chi connectivity index (χ3n) is 2.76. The molecule has 0 saturated carbocycles. The van der Waals surface area contributed by atoms with E-state index in [0.29, 0.717) is 12.5 Å². The molecule has 3 atom stereocenters. The van der Waals surface area contributed by atoms with Crippen LogP contribution in [-0.4, -0.2) is 35.6 Å². The minimum Gasteiger partial charge on any atom is -0.394 e. The lowest BCUT2D eigenvalue weighted by atomic mass is 9.91. The third-order valence-corrected chi connectivity index (χ3v) is 2.76. The first-order chi connectivity index (χ1) is 7.22. The molecule has 0 heterocycles. The van der Waals surface area contributed by atoms with Gasteiger partial charge < -0.3 is 14.9 Å². The molecule has 3 unspecified atom stereocenters. The monoisotopic (exact) mass is 214 g/mol. The van der Waals surface area contributed by atoms with Gasteiger partial charge in [0.1, 0.15) is 0 Å². The minimum atomic E-state index is -0.410. The second-order valence-corrected chi connectivity index (χ2v) is 4.34. The number of rotatable bonds is 6. The van der Waals surface area contributed by atoms with Gasteiger partial charge in [0.2, 0.25) is 0 Å². The number of allylic oxidation sites excluding steroid dienone is 2. The molecule has 88 valence electrons. The number of aliphatic hydroxyl groups is 2. The summed E-state index contributed by atoms with van der Waals surface area (Å²) in [4.78, 5) is 0. The van der Waals surface area contributed by atoms with Crippen molar-refractivity contribution in [3.05, 3.63) is 12.2 Å². The Balaban J connectivity index is 2.14. The highest BCUT2D eigenvalue weighted by molar-refractivity contribution is 4.93. The van der Waals surface area contributed by atoms with Gasteiger partial charge >= 0.3 is 0 Å². The van der Waals surface area contributed by atoms with E-state index < -0.39 is 6.10 Å². The molecule has 0 aromatic carbocycles. The van der Waals surface area contributed by atoms with Crippen molar-refractivity contribution in [2.75, 3.05) is 13.2 Å². The smallest absolute Gasteiger partial charge is 0.0779 e. The zero-order valence-corrected chi connectivity index (χ0v) is 9.43. The average Bonchev–Trinajstić information content (AvgIpc) is 2.27. The van der Waals surface area contributed by atoms with E-state index in [-0.39, 0.29) is 12.7 Å². The molecule has 3 heteroatoms. The van der Waals surface area contributed by atoms with Crippen LogP contribution in [0, 0.1) is 5.92 Å². The maximum Gasteiger partial charge on any atom is 0.0779 e. The van der Waals surface area contributed by atoms with Gasteiger partial charge in [-0.05, 0) is 38.5 Å². The number of hydrogen-bond acceptors (Lipinski definition) is 3. The van der Waals surface area contributed by atoms with Crippen LogP contribution in [0.5, 0.6) is 0 Å². The van der Waals surface area contributed by atoms with E-state index in [1.807, 2.05) is 0 Å². The summed E-state index contributed by atoms with van der Waals surface area (Å²) in [5.74, 6) is 0.502. The van der Waals surface area contributed by atoms with Gasteiger partial charge in [-0.1, -0.05) is 12.2 Å². The molecule has 0 fully saturated rings. The summed E-state index contributed by atoms with van der Waals surface area (Å²) >= 11 is 0. The predicted molar refractivity (Wildman–Crippen MR) is 59.6 cm³/mol. The van der Waals surface area contributed by atoms with Gasteiger partial charge in [-0.3, -0.25) is 0 Å². The van der Waals surface area contributed by atoms with Crippen molar-refractivity contribution in [1.82, 2.24) is 0 Å². The van der Waals surface area contributed by atoms with Gasteiger partial charge in [0, 0.05) is 0 Å². The lowest BCUT2D eigenvalue weighted by Crippen LogP contribution is -2.24. The van der Waals surface area contributed by atoms with Crippen LogP contribution in [0.25, 0.3) is 0 Å². The fourth-order valence-corrected chi connectivity index (χ4v) is 1.82. The molecule has 2 N–H and O–H groups in total. The second-order valence-electron chi connectivity index (χ2n) is 4.34. The summed E-state index contributed by atoms with van der Waals surface area (Å²) < 4.78 is 5.27. The fourth-order valence-electron chi connectivity index (χ4n) is 1.82. The molecular weight excluding hydrogens is 192 g/mol. The molecule has 0 radical (unpaired) electrons. The van der Waals surface area contributed by atoms with Gasteiger partial charge in [-0.2, -0.15) is 0 Å². The minimum absolute atomic E-state index is 0.00997. The molecule has 1 aliphatic rings. The highest BCUT2D eigenvalue weighted by Gasteiger charge is 2.14. The van der Waals surface area contributed by atoms with Gasteiger partial charge in [0.15, 0.2) is 0 Å². The molecule has 0 amide bonds. The normalized spacial score (nSPS) is 25.1. The van der Waals surface area contributed by atoms with E-state index in [1.165, 1.54) is 19.3 Å². The Bertz CT molecular complexity index is 191. The van der Waals surface area contributed by atoms with Crippen molar-refractivity contribution in [1.29, 1.82) is 0 Å². The van der Waals surface area contributed by atoms with Gasteiger partial charge in [-0.15, -0.1) is 0 Å². The van der Waals surface area contributed by atoms with E-state index in [9.17, 15) is 5.11 Å². The van der Waals surface area contributed by atoms with Crippen molar-refractivity contribution in [3.8, 4) is 0 Å². The predicted octanol–water partition coefficient (Wildman–Crippen LogP) is 1.49. The molecular formula is C12H22O3. The SMILES string of the molecule is CC(CO)OCC(O)CC1C=CCCC1. The first kappa shape index (κ1) is 12.7. The van der Waals surface area contributed by atoms with E-state index in [4.69, 9.17) is 9.84 Å². The van der Waals surface area contributed by atoms with Gasteiger partial charge in [-0.25, -0.2) is 0 Å². The molecule has 0 aromatic heterocycles. The Morgan fingerprint density at radius 1 is 1.53 bits per heavy atom. The molecule has 0 saturated heterocycles. The van der Waals surface area contributed by atoms with Crippen molar-refractivity contribution < 1.29 is 14.9 Å². The summed E-state index contributed by atoms with van der Waals surface area (Å²) in [5.41, 5.74) is 0. The lowest BCUT2D eigenvalue weighted by molar-refractivity contribution is -0.0285. The van der Waals surface area contributed by atoms with Crippen LogP contribution in [0.1, 0.15) is 32.6 Å². The average molecular weight is 214 g/mol. The maximum atomic E-state index is 9.71. The highest BCUT2D eigenvalue weighted by atomic mass is 16.5. The van der Waals surface area contributed by atoms with Crippen molar-refractivity contribution in [3.63, 3.8) is 0 Å². The largest absolute Gasteiger partial charge is 0.394 e. The third kappa shape index (κ3) is 5.30. The van der Waals surface area contributed by atoms with E-state index in [1.54, 1.807) is 6.92 Å². The molecule has 3 nitrogen and oxygen atoms in total. The zero-order chi connectivity index (χ0) is 11.1. The van der Waals surface area contributed by atoms with Crippen LogP contribution in [0.15, 0.2) is 12.2 Å². The van der Waals surface area contributed by atoms with Crippen LogP contribution in [-0.2, 0) is 4.74 Å². The van der Waals surface area contributed by atoms with Gasteiger partial charge in [0.05, 0.1) is 25.4 Å². The number of aliphatic hydroxyl groups excluding tert-OH is 2. The highest BCUT2D eigenvalue weighted by Crippen LogP contribution is 2.21. The van der Waals surface area contributed by atoms with Gasteiger partial charge in [0.25, 0.3) is 0 Å².